The van der Waals surface area contributed by atoms with Gasteiger partial charge in [0.25, 0.3) is 0 Å². The van der Waals surface area contributed by atoms with Crippen LogP contribution in [0.15, 0.2) is 22.7 Å². The van der Waals surface area contributed by atoms with E-state index in [1.54, 1.807) is 0 Å². The van der Waals surface area contributed by atoms with Crippen molar-refractivity contribution in [2.24, 2.45) is 0 Å². The second-order valence-electron chi connectivity index (χ2n) is 3.63. The molecule has 0 saturated heterocycles. The molecule has 0 saturated carbocycles. The highest BCUT2D eigenvalue weighted by molar-refractivity contribution is 9.10. The van der Waals surface area contributed by atoms with Crippen LogP contribution in [-0.2, 0) is 10.2 Å². The molecular formula is C10H14BrFN2O3S. The van der Waals surface area contributed by atoms with E-state index in [1.807, 2.05) is 0 Å². The van der Waals surface area contributed by atoms with Crippen molar-refractivity contribution in [3.05, 3.63) is 28.5 Å². The normalized spacial score (nSPS) is 11.8. The molecule has 1 rings (SSSR count). The fraction of sp³-hybridized carbons (Fsp3) is 0.400. The van der Waals surface area contributed by atoms with Crippen LogP contribution in [0.1, 0.15) is 6.42 Å². The van der Waals surface area contributed by atoms with Gasteiger partial charge in [0.1, 0.15) is 5.82 Å². The number of halogens is 2. The van der Waals surface area contributed by atoms with Gasteiger partial charge in [0.05, 0.1) is 10.2 Å². The summed E-state index contributed by atoms with van der Waals surface area (Å²) in [7, 11) is -2.29. The molecule has 1 aromatic rings. The van der Waals surface area contributed by atoms with Crippen LogP contribution in [0.3, 0.4) is 0 Å². The summed E-state index contributed by atoms with van der Waals surface area (Å²) in [6, 6.07) is 3.83. The zero-order valence-electron chi connectivity index (χ0n) is 9.73. The fourth-order valence-electron chi connectivity index (χ4n) is 1.20. The molecule has 0 bridgehead atoms. The quantitative estimate of drug-likeness (QED) is 0.825. The molecule has 2 N–H and O–H groups in total. The molecule has 0 aliphatic carbocycles. The number of aliphatic hydroxyl groups is 1. The SMILES string of the molecule is CN(CCCO)S(=O)(=O)Nc1ccc(F)c(Br)c1. The minimum absolute atomic E-state index is 0.0814. The van der Waals surface area contributed by atoms with Crippen molar-refractivity contribution >= 4 is 31.8 Å². The van der Waals surface area contributed by atoms with Crippen LogP contribution in [0, 0.1) is 5.82 Å². The molecule has 5 nitrogen and oxygen atoms in total. The summed E-state index contributed by atoms with van der Waals surface area (Å²) < 4.78 is 40.2. The molecule has 18 heavy (non-hydrogen) atoms. The highest BCUT2D eigenvalue weighted by Crippen LogP contribution is 2.21. The maximum absolute atomic E-state index is 13.0. The molecule has 0 fully saturated rings. The lowest BCUT2D eigenvalue weighted by Crippen LogP contribution is -2.33. The van der Waals surface area contributed by atoms with Gasteiger partial charge in [-0.25, -0.2) is 4.39 Å². The van der Waals surface area contributed by atoms with Crippen molar-refractivity contribution < 1.29 is 17.9 Å². The van der Waals surface area contributed by atoms with Crippen molar-refractivity contribution in [2.45, 2.75) is 6.42 Å². The lowest BCUT2D eigenvalue weighted by atomic mass is 10.3. The molecule has 0 aliphatic heterocycles. The monoisotopic (exact) mass is 340 g/mol. The van der Waals surface area contributed by atoms with Gasteiger partial charge in [-0.15, -0.1) is 0 Å². The first kappa shape index (κ1) is 15.4. The summed E-state index contributed by atoms with van der Waals surface area (Å²) in [6.45, 7) is 0.121. The summed E-state index contributed by atoms with van der Waals surface area (Å²) in [5.41, 5.74) is 0.263. The third-order valence-corrected chi connectivity index (χ3v) is 4.31. The predicted molar refractivity (Wildman–Crippen MR) is 71.0 cm³/mol. The third-order valence-electron chi connectivity index (χ3n) is 2.21. The lowest BCUT2D eigenvalue weighted by molar-refractivity contribution is 0.276. The molecule has 0 atom stereocenters. The minimum Gasteiger partial charge on any atom is -0.396 e. The maximum atomic E-state index is 13.0. The Hall–Kier alpha value is -0.700. The van der Waals surface area contributed by atoms with E-state index in [9.17, 15) is 12.8 Å². The molecular weight excluding hydrogens is 327 g/mol. The Kier molecular flexibility index (Phi) is 5.51. The van der Waals surface area contributed by atoms with Crippen molar-refractivity contribution in [3.8, 4) is 0 Å². The van der Waals surface area contributed by atoms with E-state index in [4.69, 9.17) is 5.11 Å². The van der Waals surface area contributed by atoms with Gasteiger partial charge in [0.2, 0.25) is 0 Å². The Morgan fingerprint density at radius 3 is 2.72 bits per heavy atom. The smallest absolute Gasteiger partial charge is 0.301 e. The Balaban J connectivity index is 2.78. The number of anilines is 1. The summed E-state index contributed by atoms with van der Waals surface area (Å²) >= 11 is 2.98. The van der Waals surface area contributed by atoms with Crippen LogP contribution < -0.4 is 4.72 Å². The largest absolute Gasteiger partial charge is 0.396 e. The van der Waals surface area contributed by atoms with Gasteiger partial charge in [-0.3, -0.25) is 4.72 Å². The first-order valence-electron chi connectivity index (χ1n) is 5.17. The van der Waals surface area contributed by atoms with Crippen LogP contribution >= 0.6 is 15.9 Å². The first-order chi connectivity index (χ1) is 8.36. The molecule has 0 spiro atoms. The Labute approximate surface area is 114 Å². The van der Waals surface area contributed by atoms with Crippen LogP contribution in [-0.4, -0.2) is 38.0 Å². The van der Waals surface area contributed by atoms with Crippen molar-refractivity contribution in [1.82, 2.24) is 4.31 Å². The summed E-state index contributed by atoms with van der Waals surface area (Å²) in [6.07, 6.45) is 0.352. The number of nitrogens with one attached hydrogen (secondary N) is 1. The molecule has 102 valence electrons. The highest BCUT2D eigenvalue weighted by atomic mass is 79.9. The van der Waals surface area contributed by atoms with Crippen molar-refractivity contribution in [1.29, 1.82) is 0 Å². The first-order valence-corrected chi connectivity index (χ1v) is 7.40. The summed E-state index contributed by atoms with van der Waals surface area (Å²) in [5.74, 6) is -0.466. The van der Waals surface area contributed by atoms with E-state index >= 15 is 0 Å². The van der Waals surface area contributed by atoms with Gasteiger partial charge in [-0.05, 0) is 40.5 Å². The van der Waals surface area contributed by atoms with Gasteiger partial charge in [-0.2, -0.15) is 12.7 Å². The molecule has 8 heteroatoms. The van der Waals surface area contributed by atoms with E-state index in [-0.39, 0.29) is 23.3 Å². The number of benzene rings is 1. The second-order valence-corrected chi connectivity index (χ2v) is 6.27. The van der Waals surface area contributed by atoms with Gasteiger partial charge in [-0.1, -0.05) is 0 Å². The zero-order valence-corrected chi connectivity index (χ0v) is 12.1. The van der Waals surface area contributed by atoms with E-state index in [0.29, 0.717) is 6.42 Å². The maximum Gasteiger partial charge on any atom is 0.301 e. The average molecular weight is 341 g/mol. The summed E-state index contributed by atoms with van der Waals surface area (Å²) in [5, 5.41) is 8.65. The highest BCUT2D eigenvalue weighted by Gasteiger charge is 2.17. The van der Waals surface area contributed by atoms with Crippen LogP contribution in [0.5, 0.6) is 0 Å². The average Bonchev–Trinajstić information content (AvgIpc) is 2.30. The van der Waals surface area contributed by atoms with E-state index in [0.717, 1.165) is 10.4 Å². The predicted octanol–water partition coefficient (Wildman–Crippen LogP) is 1.56. The number of rotatable bonds is 6. The molecule has 0 aliphatic rings. The van der Waals surface area contributed by atoms with Crippen LogP contribution in [0.25, 0.3) is 0 Å². The lowest BCUT2D eigenvalue weighted by Gasteiger charge is -2.17. The standard InChI is InChI=1S/C10H14BrFN2O3S/c1-14(5-2-6-15)18(16,17)13-8-3-4-10(12)9(11)7-8/h3-4,7,13,15H,2,5-6H2,1H3. The van der Waals surface area contributed by atoms with Crippen molar-refractivity contribution in [2.75, 3.05) is 24.9 Å². The van der Waals surface area contributed by atoms with Crippen LogP contribution in [0.4, 0.5) is 10.1 Å². The Bertz CT molecular complexity index is 510. The number of hydrogen-bond acceptors (Lipinski definition) is 3. The van der Waals surface area contributed by atoms with Crippen molar-refractivity contribution in [3.63, 3.8) is 0 Å². The van der Waals surface area contributed by atoms with E-state index in [1.165, 1.54) is 19.2 Å². The van der Waals surface area contributed by atoms with E-state index in [2.05, 4.69) is 20.7 Å². The number of hydrogen-bond donors (Lipinski definition) is 2. The Morgan fingerprint density at radius 2 is 2.17 bits per heavy atom. The molecule has 0 radical (unpaired) electrons. The fourth-order valence-corrected chi connectivity index (χ4v) is 2.53. The van der Waals surface area contributed by atoms with Crippen LogP contribution in [0.2, 0.25) is 0 Å². The van der Waals surface area contributed by atoms with E-state index < -0.39 is 16.0 Å². The number of nitrogens with zero attached hydrogens (tertiary/aromatic N) is 1. The third kappa shape index (κ3) is 4.20. The molecule has 1 aromatic carbocycles. The van der Waals surface area contributed by atoms with Gasteiger partial charge in [0, 0.05) is 20.2 Å². The Morgan fingerprint density at radius 1 is 1.50 bits per heavy atom. The van der Waals surface area contributed by atoms with Gasteiger partial charge >= 0.3 is 10.2 Å². The zero-order chi connectivity index (χ0) is 13.8. The second kappa shape index (κ2) is 6.46. The molecule has 0 heterocycles. The topological polar surface area (TPSA) is 69.6 Å². The summed E-state index contributed by atoms with van der Waals surface area (Å²) in [4.78, 5) is 0. The molecule has 0 unspecified atom stereocenters. The van der Waals surface area contributed by atoms with Gasteiger partial charge in [0.15, 0.2) is 0 Å². The molecule has 0 aromatic heterocycles. The molecule has 0 amide bonds. The van der Waals surface area contributed by atoms with Gasteiger partial charge < -0.3 is 5.11 Å². The number of aliphatic hydroxyl groups excluding tert-OH is 1. The minimum atomic E-state index is -3.69.